The molecule has 1 heterocycles. The van der Waals surface area contributed by atoms with Gasteiger partial charge in [0.2, 0.25) is 0 Å². The number of hydrogen-bond donors (Lipinski definition) is 0. The van der Waals surface area contributed by atoms with Gasteiger partial charge in [-0.3, -0.25) is 4.18 Å². The lowest BCUT2D eigenvalue weighted by molar-refractivity contribution is -0.150. The molecule has 6 unspecified atom stereocenters. The van der Waals surface area contributed by atoms with Crippen LogP contribution in [0.15, 0.2) is 12.7 Å². The summed E-state index contributed by atoms with van der Waals surface area (Å²) in [5, 5.41) is -0.406. The molecular weight excluding hydrogens is 244 g/mol. The lowest BCUT2D eigenvalue weighted by Gasteiger charge is -2.28. The second kappa shape index (κ2) is 3.32. The van der Waals surface area contributed by atoms with E-state index in [2.05, 4.69) is 6.58 Å². The monoisotopic (exact) mass is 258 g/mol. The Morgan fingerprint density at radius 2 is 2.18 bits per heavy atom. The number of carbonyl (C=O) groups excluding carboxylic acids is 1. The fourth-order valence-electron chi connectivity index (χ4n) is 3.70. The minimum Gasteiger partial charge on any atom is -0.456 e. The molecule has 6 heteroatoms. The first kappa shape index (κ1) is 11.2. The highest BCUT2D eigenvalue weighted by atomic mass is 32.2. The van der Waals surface area contributed by atoms with E-state index in [0.29, 0.717) is 0 Å². The third-order valence-electron chi connectivity index (χ3n) is 4.33. The average molecular weight is 258 g/mol. The Balaban J connectivity index is 1.92. The van der Waals surface area contributed by atoms with Crippen molar-refractivity contribution in [2.75, 3.05) is 0 Å². The quantitative estimate of drug-likeness (QED) is 0.409. The molecule has 3 rings (SSSR count). The molecule has 1 aliphatic heterocycles. The second-order valence-corrected chi connectivity index (χ2v) is 6.77. The molecule has 94 valence electrons. The molecule has 2 saturated carbocycles. The van der Waals surface area contributed by atoms with Crippen molar-refractivity contribution < 1.29 is 22.1 Å². The minimum atomic E-state index is -3.47. The van der Waals surface area contributed by atoms with Crippen molar-refractivity contribution in [1.82, 2.24) is 0 Å². The van der Waals surface area contributed by atoms with E-state index in [1.165, 1.54) is 0 Å². The molecule has 1 saturated heterocycles. The van der Waals surface area contributed by atoms with Crippen LogP contribution in [0.2, 0.25) is 0 Å². The van der Waals surface area contributed by atoms with Gasteiger partial charge in [-0.25, -0.2) is 4.79 Å². The Kier molecular flexibility index (Phi) is 2.19. The van der Waals surface area contributed by atoms with Gasteiger partial charge in [-0.15, -0.1) is 0 Å². The first-order chi connectivity index (χ1) is 7.95. The number of fused-ring (bicyclic) bond motifs is 1. The molecule has 0 aromatic rings. The van der Waals surface area contributed by atoms with Crippen LogP contribution in [0.3, 0.4) is 0 Å². The summed E-state index contributed by atoms with van der Waals surface area (Å²) in [5.74, 6) is -0.440. The van der Waals surface area contributed by atoms with Crippen LogP contribution < -0.4 is 0 Å². The van der Waals surface area contributed by atoms with Crippen LogP contribution in [0.4, 0.5) is 0 Å². The summed E-state index contributed by atoms with van der Waals surface area (Å²) in [6.07, 6.45) is 0.951. The van der Waals surface area contributed by atoms with Gasteiger partial charge in [0.15, 0.2) is 0 Å². The third kappa shape index (κ3) is 1.34. The fraction of sp³-hybridized carbons (Fsp3) is 0.727. The molecule has 2 bridgehead atoms. The van der Waals surface area contributed by atoms with Crippen LogP contribution in [-0.2, 0) is 23.8 Å². The third-order valence-corrected chi connectivity index (χ3v) is 6.26. The van der Waals surface area contributed by atoms with Crippen molar-refractivity contribution >= 4 is 16.1 Å². The first-order valence-corrected chi connectivity index (χ1v) is 7.18. The Morgan fingerprint density at radius 1 is 1.47 bits per heavy atom. The molecule has 0 spiro atoms. The van der Waals surface area contributed by atoms with E-state index < -0.39 is 33.5 Å². The molecule has 3 aliphatic rings. The smallest absolute Gasteiger partial charge is 0.330 e. The molecule has 0 N–H and O–H groups in total. The number of esters is 1. The van der Waals surface area contributed by atoms with E-state index in [1.54, 1.807) is 0 Å². The Morgan fingerprint density at radius 3 is 2.82 bits per heavy atom. The van der Waals surface area contributed by atoms with Gasteiger partial charge < -0.3 is 4.74 Å². The molecule has 0 aromatic heterocycles. The summed E-state index contributed by atoms with van der Waals surface area (Å²) < 4.78 is 34.0. The van der Waals surface area contributed by atoms with Crippen LogP contribution in [0, 0.1) is 17.8 Å². The van der Waals surface area contributed by atoms with Gasteiger partial charge in [-0.2, -0.15) is 8.42 Å². The Labute approximate surface area is 99.9 Å². The van der Waals surface area contributed by atoms with Crippen LogP contribution in [0.5, 0.6) is 0 Å². The summed E-state index contributed by atoms with van der Waals surface area (Å²) in [4.78, 5) is 11.2. The van der Waals surface area contributed by atoms with Gasteiger partial charge in [0.25, 0.3) is 10.1 Å². The van der Waals surface area contributed by atoms with Crippen molar-refractivity contribution in [3.8, 4) is 0 Å². The van der Waals surface area contributed by atoms with Crippen LogP contribution in [0.1, 0.15) is 13.3 Å². The van der Waals surface area contributed by atoms with Gasteiger partial charge in [-0.1, -0.05) is 13.5 Å². The number of hydrogen-bond acceptors (Lipinski definition) is 5. The maximum Gasteiger partial charge on any atom is 0.330 e. The second-order valence-electron chi connectivity index (χ2n) is 5.05. The Hall–Kier alpha value is -0.880. The van der Waals surface area contributed by atoms with Gasteiger partial charge >= 0.3 is 5.97 Å². The highest BCUT2D eigenvalue weighted by Crippen LogP contribution is 2.58. The van der Waals surface area contributed by atoms with Gasteiger partial charge in [-0.05, 0) is 12.3 Å². The predicted molar refractivity (Wildman–Crippen MR) is 58.4 cm³/mol. The van der Waals surface area contributed by atoms with Crippen LogP contribution in [-0.4, -0.2) is 31.8 Å². The summed E-state index contributed by atoms with van der Waals surface area (Å²) >= 11 is 0. The van der Waals surface area contributed by atoms with Gasteiger partial charge in [0.05, 0.1) is 5.25 Å². The molecule has 0 aromatic carbocycles. The van der Waals surface area contributed by atoms with E-state index in [1.807, 2.05) is 6.92 Å². The zero-order valence-electron chi connectivity index (χ0n) is 9.41. The molecule has 5 nitrogen and oxygen atoms in total. The van der Waals surface area contributed by atoms with Gasteiger partial charge in [0.1, 0.15) is 12.2 Å². The van der Waals surface area contributed by atoms with Crippen molar-refractivity contribution in [1.29, 1.82) is 0 Å². The van der Waals surface area contributed by atoms with Crippen molar-refractivity contribution in [2.24, 2.45) is 17.8 Å². The highest BCUT2D eigenvalue weighted by Gasteiger charge is 2.68. The van der Waals surface area contributed by atoms with Crippen LogP contribution >= 0.6 is 0 Å². The summed E-state index contributed by atoms with van der Waals surface area (Å²) in [6, 6.07) is 0. The number of ether oxygens (including phenoxy) is 1. The lowest BCUT2D eigenvalue weighted by Crippen LogP contribution is -2.41. The summed E-state index contributed by atoms with van der Waals surface area (Å²) in [7, 11) is -3.47. The van der Waals surface area contributed by atoms with Crippen LogP contribution in [0.25, 0.3) is 0 Å². The first-order valence-electron chi connectivity index (χ1n) is 5.71. The topological polar surface area (TPSA) is 69.7 Å². The maximum absolute atomic E-state index is 11.8. The number of rotatable bonds is 2. The molecule has 2 aliphatic carbocycles. The normalized spacial score (nSPS) is 49.2. The van der Waals surface area contributed by atoms with E-state index in [9.17, 15) is 13.2 Å². The summed E-state index contributed by atoms with van der Waals surface area (Å²) in [5.41, 5.74) is 0. The van der Waals surface area contributed by atoms with E-state index in [4.69, 9.17) is 8.92 Å². The highest BCUT2D eigenvalue weighted by molar-refractivity contribution is 7.87. The molecule has 0 amide bonds. The largest absolute Gasteiger partial charge is 0.456 e. The average Bonchev–Trinajstić information content (AvgIpc) is 2.81. The molecular formula is C11H14O5S. The van der Waals surface area contributed by atoms with E-state index in [-0.39, 0.29) is 17.8 Å². The standard InChI is InChI=1S/C11H14O5S/c1-3-8(12)15-9-6-4-7-10(9)16-17(13,14)11(7)5(6)2/h3,5-7,9-11H,1,4H2,2H3. The van der Waals surface area contributed by atoms with E-state index in [0.717, 1.165) is 12.5 Å². The number of carbonyl (C=O) groups is 1. The van der Waals surface area contributed by atoms with Crippen molar-refractivity contribution in [3.63, 3.8) is 0 Å². The zero-order chi connectivity index (χ0) is 12.4. The summed E-state index contributed by atoms with van der Waals surface area (Å²) in [6.45, 7) is 5.24. The Bertz CT molecular complexity index is 482. The molecule has 3 fully saturated rings. The predicted octanol–water partition coefficient (Wildman–Crippen LogP) is 0.467. The molecule has 17 heavy (non-hydrogen) atoms. The van der Waals surface area contributed by atoms with E-state index >= 15 is 0 Å². The SMILES string of the molecule is C=CC(=O)OC1C2CC3C1OS(=O)(=O)C3C2C. The van der Waals surface area contributed by atoms with Gasteiger partial charge in [0, 0.05) is 17.9 Å². The molecule has 6 atom stereocenters. The van der Waals surface area contributed by atoms with Crippen molar-refractivity contribution in [2.45, 2.75) is 30.8 Å². The zero-order valence-corrected chi connectivity index (χ0v) is 10.2. The fourth-order valence-corrected chi connectivity index (χ4v) is 5.81. The maximum atomic E-state index is 11.8. The minimum absolute atomic E-state index is 0.00800. The van der Waals surface area contributed by atoms with Crippen molar-refractivity contribution in [3.05, 3.63) is 12.7 Å². The molecule has 0 radical (unpaired) electrons. The lowest BCUT2D eigenvalue weighted by atomic mass is 9.86.